The normalized spacial score (nSPS) is 26.2. The van der Waals surface area contributed by atoms with Crippen LogP contribution in [0.1, 0.15) is 36.3 Å². The minimum atomic E-state index is -1.63. The largest absolute Gasteiger partial charge is 0.465 e. The number of carboxylic acid groups (broad SMARTS) is 1. The molecule has 2 aliphatic rings. The summed E-state index contributed by atoms with van der Waals surface area (Å²) in [6, 6.07) is 2.04. The fraction of sp³-hybridized carbons (Fsp3) is 0.500. The molecule has 1 amide bonds. The fourth-order valence-electron chi connectivity index (χ4n) is 5.10. The van der Waals surface area contributed by atoms with Gasteiger partial charge in [0.2, 0.25) is 0 Å². The minimum absolute atomic E-state index is 0.0199. The molecule has 2 aliphatic heterocycles. The number of nitrogens with zero attached hydrogens (tertiary/aromatic N) is 5. The van der Waals surface area contributed by atoms with Crippen molar-refractivity contribution in [2.24, 2.45) is 0 Å². The van der Waals surface area contributed by atoms with Gasteiger partial charge in [-0.15, -0.1) is 5.10 Å². The van der Waals surface area contributed by atoms with Crippen LogP contribution >= 0.6 is 0 Å². The lowest BCUT2D eigenvalue weighted by Crippen LogP contribution is -2.56. The second kappa shape index (κ2) is 10.9. The molecule has 0 aliphatic carbocycles. The van der Waals surface area contributed by atoms with Gasteiger partial charge in [-0.2, -0.15) is 0 Å². The van der Waals surface area contributed by atoms with Crippen LogP contribution in [-0.4, -0.2) is 95.7 Å². The smallest absolute Gasteiger partial charge is 0.407 e. The second-order valence-electron chi connectivity index (χ2n) is 9.67. The van der Waals surface area contributed by atoms with E-state index in [2.05, 4.69) is 15.5 Å². The summed E-state index contributed by atoms with van der Waals surface area (Å²) < 4.78 is 53.1. The van der Waals surface area contributed by atoms with E-state index < -0.39 is 60.6 Å². The first-order valence-electron chi connectivity index (χ1n) is 12.3. The van der Waals surface area contributed by atoms with Gasteiger partial charge in [0.25, 0.3) is 0 Å². The summed E-state index contributed by atoms with van der Waals surface area (Å²) in [5, 5.41) is 52.6. The number of halogens is 3. The van der Waals surface area contributed by atoms with Crippen molar-refractivity contribution in [2.45, 2.75) is 55.6 Å². The lowest BCUT2D eigenvalue weighted by molar-refractivity contribution is -0.205. The van der Waals surface area contributed by atoms with Crippen molar-refractivity contribution in [3.05, 3.63) is 53.3 Å². The Morgan fingerprint density at radius 2 is 1.72 bits per heavy atom. The van der Waals surface area contributed by atoms with E-state index in [4.69, 9.17) is 14.4 Å². The first-order valence-corrected chi connectivity index (χ1v) is 12.3. The van der Waals surface area contributed by atoms with Crippen molar-refractivity contribution in [1.29, 1.82) is 0 Å². The average Bonchev–Trinajstić information content (AvgIpc) is 3.59. The molecule has 1 aromatic carbocycles. The summed E-state index contributed by atoms with van der Waals surface area (Å²) >= 11 is 0. The molecule has 12 nitrogen and oxygen atoms in total. The molecule has 0 saturated carbocycles. The number of hydrogen-bond donors (Lipinski definition) is 4. The van der Waals surface area contributed by atoms with Crippen LogP contribution in [0.4, 0.5) is 18.0 Å². The van der Waals surface area contributed by atoms with E-state index in [0.717, 1.165) is 16.8 Å². The Balaban J connectivity index is 1.33. The molecular weight excluding hydrogens is 527 g/mol. The molecule has 5 rings (SSSR count). The van der Waals surface area contributed by atoms with Gasteiger partial charge in [0.1, 0.15) is 35.8 Å². The predicted octanol–water partition coefficient (Wildman–Crippen LogP) is 1.47. The fourth-order valence-corrected chi connectivity index (χ4v) is 5.10. The molecule has 0 radical (unpaired) electrons. The second-order valence-corrected chi connectivity index (χ2v) is 9.67. The third-order valence-electron chi connectivity index (χ3n) is 7.24. The molecule has 2 fully saturated rings. The molecule has 39 heavy (non-hydrogen) atoms. The maximum Gasteiger partial charge on any atom is 0.407 e. The van der Waals surface area contributed by atoms with Gasteiger partial charge in [-0.3, -0.25) is 0 Å². The van der Waals surface area contributed by atoms with Crippen LogP contribution in [0.2, 0.25) is 0 Å². The van der Waals surface area contributed by atoms with Crippen molar-refractivity contribution in [3.8, 4) is 11.3 Å². The van der Waals surface area contributed by atoms with Crippen molar-refractivity contribution in [3.63, 3.8) is 0 Å². The van der Waals surface area contributed by atoms with Gasteiger partial charge in [-0.05, 0) is 25.0 Å². The minimum Gasteiger partial charge on any atom is -0.465 e. The summed E-state index contributed by atoms with van der Waals surface area (Å²) in [5.74, 6) is -3.89. The Kier molecular flexibility index (Phi) is 7.57. The maximum absolute atomic E-state index is 13.7. The molecule has 2 saturated heterocycles. The topological polar surface area (TPSA) is 167 Å². The highest BCUT2D eigenvalue weighted by Crippen LogP contribution is 2.34. The Morgan fingerprint density at radius 3 is 2.36 bits per heavy atom. The number of amides is 1. The van der Waals surface area contributed by atoms with Crippen LogP contribution in [0.25, 0.3) is 11.3 Å². The molecule has 4 N–H and O–H groups in total. The number of likely N-dealkylation sites (tertiary alicyclic amines) is 1. The van der Waals surface area contributed by atoms with Crippen LogP contribution in [-0.2, 0) is 11.2 Å². The molecule has 5 atom stereocenters. The lowest BCUT2D eigenvalue weighted by atomic mass is 9.90. The zero-order valence-corrected chi connectivity index (χ0v) is 20.4. The van der Waals surface area contributed by atoms with Gasteiger partial charge < -0.3 is 34.6 Å². The van der Waals surface area contributed by atoms with Crippen molar-refractivity contribution >= 4 is 6.09 Å². The van der Waals surface area contributed by atoms with Gasteiger partial charge in [0.15, 0.2) is 17.5 Å². The third kappa shape index (κ3) is 5.34. The lowest BCUT2D eigenvalue weighted by Gasteiger charge is -2.42. The summed E-state index contributed by atoms with van der Waals surface area (Å²) in [6.45, 7) is 0.160. The number of aliphatic hydroxyl groups is 3. The summed E-state index contributed by atoms with van der Waals surface area (Å²) in [6.07, 6.45) is -3.42. The summed E-state index contributed by atoms with van der Waals surface area (Å²) in [7, 11) is 0. The first kappa shape index (κ1) is 27.1. The van der Waals surface area contributed by atoms with Crippen LogP contribution in [0.3, 0.4) is 0 Å². The van der Waals surface area contributed by atoms with Crippen LogP contribution < -0.4 is 0 Å². The predicted molar refractivity (Wildman–Crippen MR) is 124 cm³/mol. The van der Waals surface area contributed by atoms with Gasteiger partial charge in [-0.25, -0.2) is 22.6 Å². The van der Waals surface area contributed by atoms with Gasteiger partial charge in [0, 0.05) is 37.1 Å². The van der Waals surface area contributed by atoms with E-state index in [-0.39, 0.29) is 23.6 Å². The molecule has 4 heterocycles. The SMILES string of the molecule is O=C(O)N1CCC(c2cc(C[C@H]3O[C@H](CO)[C@H](O)[C@H](n4cc(-c5cc(F)c(F)c(F)c5)nn4)[C@H]3O)no2)CC1. The maximum atomic E-state index is 13.7. The van der Waals surface area contributed by atoms with E-state index in [1.807, 2.05) is 0 Å². The van der Waals surface area contributed by atoms with Crippen LogP contribution in [0.5, 0.6) is 0 Å². The van der Waals surface area contributed by atoms with Gasteiger partial charge in [-0.1, -0.05) is 10.4 Å². The van der Waals surface area contributed by atoms with Gasteiger partial charge >= 0.3 is 6.09 Å². The van der Waals surface area contributed by atoms with Crippen LogP contribution in [0.15, 0.2) is 28.9 Å². The van der Waals surface area contributed by atoms with Crippen molar-refractivity contribution in [2.75, 3.05) is 19.7 Å². The van der Waals surface area contributed by atoms with Crippen LogP contribution in [0, 0.1) is 17.5 Å². The van der Waals surface area contributed by atoms with Crippen molar-refractivity contribution < 1.29 is 47.7 Å². The van der Waals surface area contributed by atoms with Gasteiger partial charge in [0.05, 0.1) is 24.6 Å². The van der Waals surface area contributed by atoms with E-state index in [0.29, 0.717) is 37.4 Å². The number of benzene rings is 1. The van der Waals surface area contributed by atoms with E-state index >= 15 is 0 Å². The number of rotatable bonds is 6. The number of carbonyl (C=O) groups is 1. The average molecular weight is 553 g/mol. The molecule has 0 unspecified atom stereocenters. The number of aliphatic hydroxyl groups excluding tert-OH is 3. The number of ether oxygens (including phenoxy) is 1. The van der Waals surface area contributed by atoms with E-state index in [9.17, 15) is 33.3 Å². The molecule has 0 bridgehead atoms. The highest BCUT2D eigenvalue weighted by atomic mass is 19.2. The first-order chi connectivity index (χ1) is 18.7. The monoisotopic (exact) mass is 553 g/mol. The molecule has 210 valence electrons. The summed E-state index contributed by atoms with van der Waals surface area (Å²) in [4.78, 5) is 12.5. The van der Waals surface area contributed by atoms with E-state index in [1.54, 1.807) is 6.07 Å². The number of piperidine rings is 1. The molecule has 3 aromatic rings. The highest BCUT2D eigenvalue weighted by Gasteiger charge is 2.46. The number of aromatic nitrogens is 4. The zero-order chi connectivity index (χ0) is 27.8. The Morgan fingerprint density at radius 1 is 1.05 bits per heavy atom. The zero-order valence-electron chi connectivity index (χ0n) is 20.4. The standard InChI is InChI=1S/C24H26F3N5O7/c25-14-5-12(6-15(26)20(14)27)16-9-32(30-28-16)21-22(34)18(38-19(10-33)23(21)35)8-13-7-17(39-29-13)11-1-3-31(4-2-11)24(36)37/h5-7,9,11,18-19,21-23,33-35H,1-4,8,10H2,(H,36,37)/t18-,19-,21-,22+,23+/m1/s1. The molecule has 15 heteroatoms. The summed E-state index contributed by atoms with van der Waals surface area (Å²) in [5.41, 5.74) is 0.303. The quantitative estimate of drug-likeness (QED) is 0.328. The van der Waals surface area contributed by atoms with E-state index in [1.165, 1.54) is 11.1 Å². The van der Waals surface area contributed by atoms with Crippen molar-refractivity contribution in [1.82, 2.24) is 25.1 Å². The number of hydrogen-bond acceptors (Lipinski definition) is 9. The Hall–Kier alpha value is -3.53. The Bertz CT molecular complexity index is 1310. The molecule has 0 spiro atoms. The Labute approximate surface area is 219 Å². The third-order valence-corrected chi connectivity index (χ3v) is 7.24. The molecular formula is C24H26F3N5O7. The highest BCUT2D eigenvalue weighted by molar-refractivity contribution is 5.65. The molecule has 2 aromatic heterocycles.